The summed E-state index contributed by atoms with van der Waals surface area (Å²) in [5, 5.41) is 2.98. The van der Waals surface area contributed by atoms with Crippen LogP contribution in [0.4, 0.5) is 5.69 Å². The number of carbonyl (C=O) groups is 1. The smallest absolute Gasteiger partial charge is 0.326 e. The largest absolute Gasteiger partial charge is 0.493 e. The van der Waals surface area contributed by atoms with E-state index in [-0.39, 0.29) is 23.6 Å². The minimum Gasteiger partial charge on any atom is -0.493 e. The molecule has 1 amide bonds. The lowest BCUT2D eigenvalue weighted by atomic mass is 9.85. The molecule has 8 nitrogen and oxygen atoms in total. The molecule has 1 aliphatic rings. The number of nitrogens with one attached hydrogen (secondary N) is 2. The van der Waals surface area contributed by atoms with Crippen LogP contribution >= 0.6 is 15.9 Å². The first-order valence-electron chi connectivity index (χ1n) is 10.5. The van der Waals surface area contributed by atoms with Crippen LogP contribution in [0.2, 0.25) is 0 Å². The highest BCUT2D eigenvalue weighted by molar-refractivity contribution is 9.10. The number of benzene rings is 2. The van der Waals surface area contributed by atoms with Crippen LogP contribution in [0.1, 0.15) is 31.7 Å². The van der Waals surface area contributed by atoms with Crippen LogP contribution in [0.3, 0.4) is 0 Å². The van der Waals surface area contributed by atoms with Gasteiger partial charge >= 0.3 is 5.69 Å². The molecule has 1 saturated carbocycles. The maximum Gasteiger partial charge on any atom is 0.326 e. The second-order valence-electron chi connectivity index (χ2n) is 7.84. The van der Waals surface area contributed by atoms with E-state index < -0.39 is 0 Å². The lowest BCUT2D eigenvalue weighted by Gasteiger charge is -2.28. The van der Waals surface area contributed by atoms with Crippen LogP contribution in [0.25, 0.3) is 11.0 Å². The van der Waals surface area contributed by atoms with E-state index in [2.05, 4.69) is 26.2 Å². The lowest BCUT2D eigenvalue weighted by Crippen LogP contribution is -2.31. The Morgan fingerprint density at radius 3 is 2.31 bits per heavy atom. The summed E-state index contributed by atoms with van der Waals surface area (Å²) in [6.45, 7) is 0. The van der Waals surface area contributed by atoms with Crippen LogP contribution in [-0.2, 0) is 4.79 Å². The Balaban J connectivity index is 1.46. The molecular formula is C23H26BrN3O5. The molecule has 0 unspecified atom stereocenters. The Kier molecular flexibility index (Phi) is 6.45. The molecule has 3 aromatic rings. The van der Waals surface area contributed by atoms with Gasteiger partial charge in [0.05, 0.1) is 32.4 Å². The molecule has 0 atom stereocenters. The SMILES string of the molecule is COc1cc(NC(=O)[C@H]2CC[C@@H](n3c(=O)[nH]c4c(Br)cccc43)CC2)cc(OC)c1OC. The average molecular weight is 504 g/mol. The fourth-order valence-electron chi connectivity index (χ4n) is 4.47. The third-order valence-electron chi connectivity index (χ3n) is 6.07. The fourth-order valence-corrected chi connectivity index (χ4v) is 4.92. The number of imidazole rings is 1. The maximum atomic E-state index is 12.9. The van der Waals surface area contributed by atoms with Crippen molar-refractivity contribution in [3.8, 4) is 17.2 Å². The van der Waals surface area contributed by atoms with Crippen molar-refractivity contribution in [3.63, 3.8) is 0 Å². The second-order valence-corrected chi connectivity index (χ2v) is 8.70. The van der Waals surface area contributed by atoms with E-state index in [9.17, 15) is 9.59 Å². The van der Waals surface area contributed by atoms with Gasteiger partial charge in [-0.3, -0.25) is 9.36 Å². The fraction of sp³-hybridized carbons (Fsp3) is 0.391. The van der Waals surface area contributed by atoms with Gasteiger partial charge in [0, 0.05) is 34.3 Å². The van der Waals surface area contributed by atoms with Gasteiger partial charge in [-0.1, -0.05) is 6.07 Å². The number of H-pyrrole nitrogens is 1. The molecule has 32 heavy (non-hydrogen) atoms. The number of halogens is 1. The number of rotatable bonds is 6. The van der Waals surface area contributed by atoms with E-state index in [0.29, 0.717) is 35.8 Å². The third-order valence-corrected chi connectivity index (χ3v) is 6.73. The van der Waals surface area contributed by atoms with Crippen molar-refractivity contribution in [1.82, 2.24) is 9.55 Å². The van der Waals surface area contributed by atoms with Gasteiger partial charge in [-0.15, -0.1) is 0 Å². The molecule has 170 valence electrons. The monoisotopic (exact) mass is 503 g/mol. The molecule has 0 saturated heterocycles. The molecule has 1 aliphatic carbocycles. The van der Waals surface area contributed by atoms with Crippen LogP contribution in [0.5, 0.6) is 17.2 Å². The van der Waals surface area contributed by atoms with Gasteiger partial charge in [0.2, 0.25) is 11.7 Å². The predicted molar refractivity (Wildman–Crippen MR) is 126 cm³/mol. The minimum atomic E-state index is -0.127. The summed E-state index contributed by atoms with van der Waals surface area (Å²) in [5.74, 6) is 1.26. The van der Waals surface area contributed by atoms with Gasteiger partial charge in [-0.2, -0.15) is 0 Å². The zero-order valence-electron chi connectivity index (χ0n) is 18.2. The van der Waals surface area contributed by atoms with Gasteiger partial charge in [-0.25, -0.2) is 4.79 Å². The van der Waals surface area contributed by atoms with E-state index in [1.54, 1.807) is 12.1 Å². The summed E-state index contributed by atoms with van der Waals surface area (Å²) >= 11 is 3.50. The molecule has 0 aliphatic heterocycles. The summed E-state index contributed by atoms with van der Waals surface area (Å²) in [6.07, 6.45) is 2.92. The maximum absolute atomic E-state index is 12.9. The number of carbonyl (C=O) groups excluding carboxylic acids is 1. The van der Waals surface area contributed by atoms with E-state index in [0.717, 1.165) is 28.3 Å². The summed E-state index contributed by atoms with van der Waals surface area (Å²) in [6, 6.07) is 9.28. The normalized spacial score (nSPS) is 18.4. The standard InChI is InChI=1S/C23H26BrN3O5/c1-30-18-11-14(12-19(31-2)21(18)32-3)25-22(28)13-7-9-15(10-8-13)27-17-6-4-5-16(24)20(17)26-23(27)29/h4-6,11-13,15H,7-10H2,1-3H3,(H,25,28)(H,26,29)/t13-,15+. The van der Waals surface area contributed by atoms with E-state index in [4.69, 9.17) is 14.2 Å². The summed E-state index contributed by atoms with van der Waals surface area (Å²) in [7, 11) is 4.61. The van der Waals surface area contributed by atoms with Crippen molar-refractivity contribution in [2.24, 2.45) is 5.92 Å². The van der Waals surface area contributed by atoms with E-state index >= 15 is 0 Å². The first-order chi connectivity index (χ1) is 15.5. The summed E-state index contributed by atoms with van der Waals surface area (Å²) in [5.41, 5.74) is 2.16. The number of hydrogen-bond acceptors (Lipinski definition) is 5. The number of methoxy groups -OCH3 is 3. The van der Waals surface area contributed by atoms with E-state index in [1.807, 2.05) is 22.8 Å². The summed E-state index contributed by atoms with van der Waals surface area (Å²) < 4.78 is 18.7. The molecule has 2 aromatic carbocycles. The Bertz CT molecular complexity index is 1170. The van der Waals surface area contributed by atoms with Crippen LogP contribution in [0.15, 0.2) is 39.6 Å². The number of hydrogen-bond donors (Lipinski definition) is 2. The number of aromatic amines is 1. The Morgan fingerprint density at radius 2 is 1.72 bits per heavy atom. The Morgan fingerprint density at radius 1 is 1.06 bits per heavy atom. The van der Waals surface area contributed by atoms with Crippen molar-refractivity contribution >= 4 is 38.6 Å². The molecule has 0 bridgehead atoms. The zero-order chi connectivity index (χ0) is 22.8. The topological polar surface area (TPSA) is 94.6 Å². The van der Waals surface area contributed by atoms with Gasteiger partial charge in [-0.05, 0) is 53.7 Å². The lowest BCUT2D eigenvalue weighted by molar-refractivity contribution is -0.121. The van der Waals surface area contributed by atoms with Gasteiger partial charge in [0.25, 0.3) is 0 Å². The molecule has 0 radical (unpaired) electrons. The zero-order valence-corrected chi connectivity index (χ0v) is 19.8. The van der Waals surface area contributed by atoms with Crippen molar-refractivity contribution in [2.75, 3.05) is 26.6 Å². The van der Waals surface area contributed by atoms with Crippen molar-refractivity contribution in [3.05, 3.63) is 45.3 Å². The number of amides is 1. The number of aromatic nitrogens is 2. The molecule has 2 N–H and O–H groups in total. The highest BCUT2D eigenvalue weighted by Gasteiger charge is 2.29. The highest BCUT2D eigenvalue weighted by atomic mass is 79.9. The first kappa shape index (κ1) is 22.3. The van der Waals surface area contributed by atoms with Crippen molar-refractivity contribution < 1.29 is 19.0 Å². The van der Waals surface area contributed by atoms with E-state index in [1.165, 1.54) is 21.3 Å². The Labute approximate surface area is 194 Å². The van der Waals surface area contributed by atoms with Crippen molar-refractivity contribution in [1.29, 1.82) is 0 Å². The second kappa shape index (κ2) is 9.28. The number of anilines is 1. The van der Waals surface area contributed by atoms with Crippen LogP contribution in [0, 0.1) is 5.92 Å². The van der Waals surface area contributed by atoms with Gasteiger partial charge in [0.1, 0.15) is 0 Å². The van der Waals surface area contributed by atoms with Gasteiger partial charge < -0.3 is 24.5 Å². The molecule has 1 fully saturated rings. The number of ether oxygens (including phenoxy) is 3. The first-order valence-corrected chi connectivity index (χ1v) is 11.3. The number of nitrogens with zero attached hydrogens (tertiary/aromatic N) is 1. The summed E-state index contributed by atoms with van der Waals surface area (Å²) in [4.78, 5) is 28.5. The average Bonchev–Trinajstić information content (AvgIpc) is 3.15. The van der Waals surface area contributed by atoms with Crippen LogP contribution < -0.4 is 25.2 Å². The third kappa shape index (κ3) is 4.09. The van der Waals surface area contributed by atoms with Crippen LogP contribution in [-0.4, -0.2) is 36.8 Å². The molecular weight excluding hydrogens is 478 g/mol. The highest BCUT2D eigenvalue weighted by Crippen LogP contribution is 2.40. The molecule has 0 spiro atoms. The molecule has 4 rings (SSSR count). The predicted octanol–water partition coefficient (Wildman–Crippen LogP) is 4.49. The number of fused-ring (bicyclic) bond motifs is 1. The van der Waals surface area contributed by atoms with Crippen molar-refractivity contribution in [2.45, 2.75) is 31.7 Å². The minimum absolute atomic E-state index is 0.0493. The molecule has 1 heterocycles. The molecule has 9 heteroatoms. The Hall–Kier alpha value is -2.94. The van der Waals surface area contributed by atoms with Gasteiger partial charge in [0.15, 0.2) is 11.5 Å². The quantitative estimate of drug-likeness (QED) is 0.516. The number of para-hydroxylation sites is 1. The molecule has 1 aromatic heterocycles.